The summed E-state index contributed by atoms with van der Waals surface area (Å²) >= 11 is 6.22. The fourth-order valence-corrected chi connectivity index (χ4v) is 4.85. The van der Waals surface area contributed by atoms with Gasteiger partial charge in [0.25, 0.3) is 11.8 Å². The van der Waals surface area contributed by atoms with Crippen molar-refractivity contribution in [3.05, 3.63) is 82.9 Å². The quantitative estimate of drug-likeness (QED) is 0.425. The van der Waals surface area contributed by atoms with Crippen LogP contribution in [0.2, 0.25) is 5.02 Å². The van der Waals surface area contributed by atoms with E-state index in [0.717, 1.165) is 36.2 Å². The highest BCUT2D eigenvalue weighted by molar-refractivity contribution is 6.34. The van der Waals surface area contributed by atoms with Gasteiger partial charge in [0.15, 0.2) is 0 Å². The van der Waals surface area contributed by atoms with Crippen molar-refractivity contribution in [3.8, 4) is 11.1 Å². The molecule has 1 saturated carbocycles. The van der Waals surface area contributed by atoms with Gasteiger partial charge in [-0.1, -0.05) is 55.6 Å². The Hall–Kier alpha value is -2.90. The van der Waals surface area contributed by atoms with Crippen LogP contribution in [0.15, 0.2) is 61.1 Å². The van der Waals surface area contributed by atoms with Crippen LogP contribution in [0.1, 0.15) is 66.7 Å². The van der Waals surface area contributed by atoms with Crippen molar-refractivity contribution in [1.82, 2.24) is 15.3 Å². The van der Waals surface area contributed by atoms with Crippen molar-refractivity contribution in [3.63, 3.8) is 0 Å². The van der Waals surface area contributed by atoms with Crippen LogP contribution in [0.4, 0.5) is 8.78 Å². The number of rotatable bonds is 7. The molecule has 1 unspecified atom stereocenters. The summed E-state index contributed by atoms with van der Waals surface area (Å²) in [5.74, 6) is -3.90. The number of nitrogens with zero attached hydrogens (tertiary/aromatic N) is 2. The van der Waals surface area contributed by atoms with Gasteiger partial charge in [-0.2, -0.15) is 0 Å². The van der Waals surface area contributed by atoms with E-state index in [1.165, 1.54) is 6.92 Å². The minimum Gasteiger partial charge on any atom is -0.387 e. The van der Waals surface area contributed by atoms with Gasteiger partial charge in [0.2, 0.25) is 0 Å². The first-order valence-electron chi connectivity index (χ1n) is 11.3. The van der Waals surface area contributed by atoms with Crippen molar-refractivity contribution in [2.45, 2.75) is 56.6 Å². The topological polar surface area (TPSA) is 75.1 Å². The van der Waals surface area contributed by atoms with Crippen molar-refractivity contribution in [2.75, 3.05) is 0 Å². The second kappa shape index (κ2) is 9.76. The van der Waals surface area contributed by atoms with E-state index in [1.807, 2.05) is 36.4 Å². The third kappa shape index (κ3) is 4.81. The predicted molar refractivity (Wildman–Crippen MR) is 127 cm³/mol. The molecule has 8 heteroatoms. The number of benzene rings is 1. The zero-order chi connectivity index (χ0) is 24.3. The lowest BCUT2D eigenvalue weighted by Gasteiger charge is -2.34. The molecular formula is C26H26ClF2N3O2. The molecule has 2 heterocycles. The van der Waals surface area contributed by atoms with Gasteiger partial charge >= 0.3 is 0 Å². The molecule has 1 fully saturated rings. The summed E-state index contributed by atoms with van der Waals surface area (Å²) in [5, 5.41) is 13.9. The van der Waals surface area contributed by atoms with E-state index in [4.69, 9.17) is 11.6 Å². The van der Waals surface area contributed by atoms with Crippen LogP contribution in [-0.2, 0) is 5.92 Å². The fourth-order valence-electron chi connectivity index (χ4n) is 4.51. The van der Waals surface area contributed by atoms with Gasteiger partial charge in [-0.3, -0.25) is 9.78 Å². The number of hydrogen-bond donors (Lipinski definition) is 2. The Morgan fingerprint density at radius 3 is 2.59 bits per heavy atom. The smallest absolute Gasteiger partial charge is 0.274 e. The third-order valence-corrected chi connectivity index (χ3v) is 6.82. The number of halogens is 3. The molecule has 0 aliphatic heterocycles. The first kappa shape index (κ1) is 24.2. The van der Waals surface area contributed by atoms with Crippen LogP contribution in [0, 0.1) is 0 Å². The molecule has 4 rings (SSSR count). The number of amides is 1. The number of nitrogens with one attached hydrogen (secondary N) is 1. The molecule has 0 radical (unpaired) electrons. The van der Waals surface area contributed by atoms with Crippen molar-refractivity contribution in [1.29, 1.82) is 0 Å². The Labute approximate surface area is 202 Å². The number of pyridine rings is 2. The molecule has 3 aromatic rings. The Bertz CT molecular complexity index is 1170. The Morgan fingerprint density at radius 1 is 1.18 bits per heavy atom. The highest BCUT2D eigenvalue weighted by Crippen LogP contribution is 2.41. The Balaban J connectivity index is 1.71. The summed E-state index contributed by atoms with van der Waals surface area (Å²) in [6, 6.07) is 11.6. The molecule has 0 saturated heterocycles. The monoisotopic (exact) mass is 485 g/mol. The van der Waals surface area contributed by atoms with Crippen LogP contribution in [0.25, 0.3) is 11.1 Å². The maximum absolute atomic E-state index is 14.3. The van der Waals surface area contributed by atoms with Gasteiger partial charge in [-0.25, -0.2) is 13.8 Å². The van der Waals surface area contributed by atoms with Gasteiger partial charge < -0.3 is 10.4 Å². The number of alkyl halides is 2. The van der Waals surface area contributed by atoms with Gasteiger partial charge in [-0.15, -0.1) is 0 Å². The molecule has 1 aliphatic rings. The van der Waals surface area contributed by atoms with E-state index in [2.05, 4.69) is 15.3 Å². The van der Waals surface area contributed by atoms with Gasteiger partial charge in [0, 0.05) is 30.6 Å². The highest BCUT2D eigenvalue weighted by Gasteiger charge is 2.42. The van der Waals surface area contributed by atoms with E-state index < -0.39 is 35.5 Å². The number of aliphatic hydroxyl groups is 1. The zero-order valence-corrected chi connectivity index (χ0v) is 19.5. The van der Waals surface area contributed by atoms with Crippen molar-refractivity contribution < 1.29 is 18.7 Å². The van der Waals surface area contributed by atoms with E-state index in [-0.39, 0.29) is 10.7 Å². The standard InChI is InChI=1S/C26H26ClF2N3O2/c1-2-26(28,29)20-10-14-31-22(21(20)27)24(33)32-23(25(34)11-3-4-12-25)18-8-5-7-17(15-18)19-9-6-13-30-16-19/h5-10,13-16,23,34H,2-4,11-12H2,1H3,(H,32,33). The molecule has 1 aromatic carbocycles. The first-order chi connectivity index (χ1) is 16.2. The van der Waals surface area contributed by atoms with Gasteiger partial charge in [-0.05, 0) is 47.7 Å². The fraction of sp³-hybridized carbons (Fsp3) is 0.346. The first-order valence-corrected chi connectivity index (χ1v) is 11.7. The van der Waals surface area contributed by atoms with E-state index in [0.29, 0.717) is 18.4 Å². The maximum Gasteiger partial charge on any atom is 0.274 e. The second-order valence-electron chi connectivity index (χ2n) is 8.66. The minimum absolute atomic E-state index is 0.290. The summed E-state index contributed by atoms with van der Waals surface area (Å²) in [7, 11) is 0. The number of hydrogen-bond acceptors (Lipinski definition) is 4. The van der Waals surface area contributed by atoms with E-state index in [9.17, 15) is 18.7 Å². The maximum atomic E-state index is 14.3. The van der Waals surface area contributed by atoms with Crippen LogP contribution in [0.3, 0.4) is 0 Å². The van der Waals surface area contributed by atoms with Crippen LogP contribution in [-0.4, -0.2) is 26.6 Å². The molecule has 5 nitrogen and oxygen atoms in total. The molecule has 1 atom stereocenters. The summed E-state index contributed by atoms with van der Waals surface area (Å²) in [5.41, 5.74) is 0.569. The summed E-state index contributed by atoms with van der Waals surface area (Å²) in [6.07, 6.45) is 6.77. The molecule has 178 valence electrons. The number of aromatic nitrogens is 2. The molecule has 2 N–H and O–H groups in total. The average molecular weight is 486 g/mol. The van der Waals surface area contributed by atoms with Crippen LogP contribution in [0.5, 0.6) is 0 Å². The molecule has 0 bridgehead atoms. The SMILES string of the molecule is CCC(F)(F)c1ccnc(C(=O)NC(c2cccc(-c3cccnc3)c2)C2(O)CCCC2)c1Cl. The van der Waals surface area contributed by atoms with Gasteiger partial charge in [0.05, 0.1) is 16.7 Å². The predicted octanol–water partition coefficient (Wildman–Crippen LogP) is 6.08. The third-order valence-electron chi connectivity index (χ3n) is 6.44. The van der Waals surface area contributed by atoms with E-state index in [1.54, 1.807) is 12.4 Å². The van der Waals surface area contributed by atoms with E-state index >= 15 is 0 Å². The number of carbonyl (C=O) groups excluding carboxylic acids is 1. The molecular weight excluding hydrogens is 460 g/mol. The average Bonchev–Trinajstić information content (AvgIpc) is 3.30. The Kier molecular flexibility index (Phi) is 6.96. The molecule has 1 amide bonds. The zero-order valence-electron chi connectivity index (χ0n) is 18.8. The molecule has 2 aromatic heterocycles. The van der Waals surface area contributed by atoms with Crippen LogP contribution >= 0.6 is 11.6 Å². The highest BCUT2D eigenvalue weighted by atomic mass is 35.5. The molecule has 0 spiro atoms. The van der Waals surface area contributed by atoms with Crippen LogP contribution < -0.4 is 5.32 Å². The summed E-state index contributed by atoms with van der Waals surface area (Å²) < 4.78 is 28.7. The lowest BCUT2D eigenvalue weighted by molar-refractivity contribution is -0.00838. The Morgan fingerprint density at radius 2 is 1.91 bits per heavy atom. The lowest BCUT2D eigenvalue weighted by atomic mass is 9.85. The summed E-state index contributed by atoms with van der Waals surface area (Å²) in [6.45, 7) is 1.34. The lowest BCUT2D eigenvalue weighted by Crippen LogP contribution is -2.44. The molecule has 1 aliphatic carbocycles. The van der Waals surface area contributed by atoms with Gasteiger partial charge in [0.1, 0.15) is 5.69 Å². The molecule has 34 heavy (non-hydrogen) atoms. The van der Waals surface area contributed by atoms with Crippen molar-refractivity contribution in [2.24, 2.45) is 0 Å². The normalized spacial score (nSPS) is 16.3. The van der Waals surface area contributed by atoms with Crippen molar-refractivity contribution >= 4 is 17.5 Å². The number of carbonyl (C=O) groups is 1. The minimum atomic E-state index is -3.18. The second-order valence-corrected chi connectivity index (χ2v) is 9.04. The summed E-state index contributed by atoms with van der Waals surface area (Å²) in [4.78, 5) is 21.4. The largest absolute Gasteiger partial charge is 0.387 e.